The van der Waals surface area contributed by atoms with Crippen molar-refractivity contribution in [2.24, 2.45) is 5.92 Å². The Morgan fingerprint density at radius 3 is 2.14 bits per heavy atom. The Morgan fingerprint density at radius 2 is 1.57 bits per heavy atom. The molecule has 0 saturated carbocycles. The third-order valence-corrected chi connectivity index (χ3v) is 11.5. The number of hydrogen-bond donors (Lipinski definition) is 5. The maximum Gasteiger partial charge on any atom is 0.472 e. The Balaban J connectivity index is 2.29. The van der Waals surface area contributed by atoms with Crippen LogP contribution in [0.2, 0.25) is 0 Å². The van der Waals surface area contributed by atoms with Crippen molar-refractivity contribution in [2.75, 3.05) is 26.9 Å². The molecule has 2 aromatic carbocycles. The summed E-state index contributed by atoms with van der Waals surface area (Å²) in [6.07, 6.45) is 0.535. The minimum Gasteiger partial charge on any atom is -0.495 e. The lowest BCUT2D eigenvalue weighted by atomic mass is 9.96. The van der Waals surface area contributed by atoms with Crippen molar-refractivity contribution in [3.63, 3.8) is 0 Å². The maximum atomic E-state index is 13.7. The lowest BCUT2D eigenvalue weighted by Crippen LogP contribution is -2.51. The summed E-state index contributed by atoms with van der Waals surface area (Å²) in [5.41, 5.74) is 1.16. The molecule has 0 fully saturated rings. The van der Waals surface area contributed by atoms with Crippen LogP contribution in [0.4, 0.5) is 0 Å². The molecule has 0 aliphatic carbocycles. The number of halogens is 3. The molecule has 0 radical (unpaired) electrons. The highest BCUT2D eigenvalue weighted by Gasteiger charge is 2.32. The summed E-state index contributed by atoms with van der Waals surface area (Å²) < 4.78 is 35.7. The number of methoxy groups -OCH3 is 1. The molecular weight excluding hydrogens is 1090 g/mol. The monoisotopic (exact) mass is 1140 g/mol. The molecule has 2 rings (SSSR count). The highest BCUT2D eigenvalue weighted by atomic mass is 127. The Hall–Kier alpha value is -2.11. The molecule has 0 aliphatic rings. The highest BCUT2D eigenvalue weighted by molar-refractivity contribution is 14.1. The lowest BCUT2D eigenvalue weighted by molar-refractivity contribution is -0.158. The molecular formula is C37H51I3N3O12P. The van der Waals surface area contributed by atoms with Crippen LogP contribution in [-0.4, -0.2) is 84.2 Å². The zero-order chi connectivity index (χ0) is 42.4. The van der Waals surface area contributed by atoms with Crippen LogP contribution in [0.1, 0.15) is 94.6 Å². The average Bonchev–Trinajstić information content (AvgIpc) is 3.07. The van der Waals surface area contributed by atoms with Crippen molar-refractivity contribution in [1.82, 2.24) is 16.0 Å². The zero-order valence-electron chi connectivity index (χ0n) is 32.4. The lowest BCUT2D eigenvalue weighted by Gasteiger charge is -2.26. The van der Waals surface area contributed by atoms with E-state index in [1.165, 1.54) is 7.11 Å². The third-order valence-electron chi connectivity index (χ3n) is 7.83. The van der Waals surface area contributed by atoms with E-state index >= 15 is 0 Å². The van der Waals surface area contributed by atoms with Crippen LogP contribution in [0, 0.1) is 16.6 Å². The Kier molecular flexibility index (Phi) is 21.0. The largest absolute Gasteiger partial charge is 0.495 e. The first-order valence-electron chi connectivity index (χ1n) is 17.8. The number of hydrogen-bond acceptors (Lipinski definition) is 10. The number of ether oxygens (including phenoxy) is 2. The molecule has 5 N–H and O–H groups in total. The van der Waals surface area contributed by atoms with Gasteiger partial charge in [0.25, 0.3) is 5.91 Å². The van der Waals surface area contributed by atoms with Crippen LogP contribution in [-0.2, 0) is 43.9 Å². The number of phosphoric acid groups is 1. The Morgan fingerprint density at radius 1 is 0.929 bits per heavy atom. The molecule has 0 spiro atoms. The third kappa shape index (κ3) is 17.8. The van der Waals surface area contributed by atoms with Gasteiger partial charge in [-0.2, -0.15) is 0 Å². The fourth-order valence-corrected chi connectivity index (χ4v) is 10.2. The molecule has 3 amide bonds. The highest BCUT2D eigenvalue weighted by Crippen LogP contribution is 2.43. The van der Waals surface area contributed by atoms with Gasteiger partial charge in [-0.15, -0.1) is 0 Å². The number of amides is 3. The van der Waals surface area contributed by atoms with Crippen LogP contribution in [0.5, 0.6) is 5.75 Å². The molecule has 56 heavy (non-hydrogen) atoms. The van der Waals surface area contributed by atoms with Crippen molar-refractivity contribution < 1.29 is 57.1 Å². The average molecular weight is 1140 g/mol. The number of carboxylic acids is 1. The van der Waals surface area contributed by atoms with Gasteiger partial charge < -0.3 is 35.4 Å². The van der Waals surface area contributed by atoms with E-state index in [2.05, 4.69) is 52.4 Å². The predicted octanol–water partition coefficient (Wildman–Crippen LogP) is 6.33. The number of phosphoric ester groups is 1. The molecule has 2 aromatic rings. The van der Waals surface area contributed by atoms with Gasteiger partial charge in [-0.1, -0.05) is 38.1 Å². The van der Waals surface area contributed by atoms with Crippen LogP contribution in [0.3, 0.4) is 0 Å². The predicted molar refractivity (Wildman–Crippen MR) is 234 cm³/mol. The minimum absolute atomic E-state index is 0.142. The van der Waals surface area contributed by atoms with E-state index in [1.54, 1.807) is 33.8 Å². The van der Waals surface area contributed by atoms with Crippen LogP contribution in [0.15, 0.2) is 30.3 Å². The van der Waals surface area contributed by atoms with E-state index in [4.69, 9.17) is 23.6 Å². The second-order valence-corrected chi connectivity index (χ2v) is 19.2. The van der Waals surface area contributed by atoms with E-state index in [0.29, 0.717) is 18.8 Å². The molecule has 312 valence electrons. The Labute approximate surface area is 368 Å². The topological polar surface area (TPSA) is 216 Å². The number of carboxylic acid groups (broad SMARTS) is 1. The SMILES string of the molecule is COc1c(I)cc(I)c(C(=O)NC(CC(=O)N[C@H](CNC(=O)[C@@H](C)c2ccc(CC(C)C)cc2)COP(=O)(O)OCCCCC(=O)O)C(=O)OC(C)(C)C)c1I. The van der Waals surface area contributed by atoms with Gasteiger partial charge in [0.05, 0.1) is 51.4 Å². The van der Waals surface area contributed by atoms with Gasteiger partial charge in [0.1, 0.15) is 17.4 Å². The number of esters is 1. The van der Waals surface area contributed by atoms with Crippen LogP contribution in [0.25, 0.3) is 0 Å². The number of carbonyl (C=O) groups excluding carboxylic acids is 4. The van der Waals surface area contributed by atoms with E-state index in [-0.39, 0.29) is 38.0 Å². The van der Waals surface area contributed by atoms with Gasteiger partial charge in [-0.25, -0.2) is 9.36 Å². The van der Waals surface area contributed by atoms with E-state index in [0.717, 1.165) is 21.1 Å². The summed E-state index contributed by atoms with van der Waals surface area (Å²) in [5, 5.41) is 16.8. The molecule has 0 bridgehead atoms. The van der Waals surface area contributed by atoms with E-state index in [1.807, 2.05) is 69.4 Å². The van der Waals surface area contributed by atoms with Gasteiger partial charge in [-0.05, 0) is 138 Å². The van der Waals surface area contributed by atoms with Gasteiger partial charge >= 0.3 is 19.8 Å². The number of carbonyl (C=O) groups is 5. The second kappa shape index (κ2) is 23.5. The summed E-state index contributed by atoms with van der Waals surface area (Å²) in [5.74, 6) is -3.37. The molecule has 15 nitrogen and oxygen atoms in total. The summed E-state index contributed by atoms with van der Waals surface area (Å²) in [6.45, 7) is 9.75. The Bertz CT molecular complexity index is 1740. The first-order chi connectivity index (χ1) is 26.0. The standard InChI is InChI=1S/C37H51I3N3O12P/c1-21(2)16-23-11-13-24(14-12-23)22(3)34(47)41-19-25(20-54-56(50,51)53-15-9-8-10-30(45)46)42-29(44)18-28(36(49)55-37(4,5)6)43-35(48)31-26(38)17-27(39)33(52-7)32(31)40/h11-14,17,21-22,25,28H,8-10,15-16,18-20H2,1-7H3,(H,41,47)(H,42,44)(H,43,48)(H,45,46)(H,50,51)/t22-,25+,28?/m0/s1. The van der Waals surface area contributed by atoms with Crippen molar-refractivity contribution in [1.29, 1.82) is 0 Å². The number of rotatable bonds is 22. The summed E-state index contributed by atoms with van der Waals surface area (Å²) >= 11 is 6.06. The molecule has 0 aliphatic heterocycles. The van der Waals surface area contributed by atoms with Crippen molar-refractivity contribution in [3.05, 3.63) is 57.7 Å². The molecule has 4 atom stereocenters. The molecule has 0 heterocycles. The van der Waals surface area contributed by atoms with E-state index in [9.17, 15) is 33.4 Å². The fourth-order valence-electron chi connectivity index (χ4n) is 5.11. The maximum absolute atomic E-state index is 13.7. The van der Waals surface area contributed by atoms with Crippen LogP contribution < -0.4 is 20.7 Å². The van der Waals surface area contributed by atoms with Gasteiger partial charge in [0, 0.05) is 16.5 Å². The minimum atomic E-state index is -4.68. The van der Waals surface area contributed by atoms with Crippen molar-refractivity contribution in [2.45, 2.75) is 97.2 Å². The fraction of sp³-hybridized carbons (Fsp3) is 0.541. The second-order valence-electron chi connectivity index (χ2n) is 14.3. The smallest absolute Gasteiger partial charge is 0.472 e. The first-order valence-corrected chi connectivity index (χ1v) is 22.5. The number of aliphatic carboxylic acids is 1. The zero-order valence-corrected chi connectivity index (χ0v) is 39.8. The molecule has 0 saturated heterocycles. The number of benzene rings is 2. The van der Waals surface area contributed by atoms with Gasteiger partial charge in [-0.3, -0.25) is 28.2 Å². The summed E-state index contributed by atoms with van der Waals surface area (Å²) in [6, 6.07) is 6.85. The quantitative estimate of drug-likeness (QED) is 0.0379. The van der Waals surface area contributed by atoms with Gasteiger partial charge in [0.15, 0.2) is 0 Å². The summed E-state index contributed by atoms with van der Waals surface area (Å²) in [7, 11) is -3.20. The summed E-state index contributed by atoms with van der Waals surface area (Å²) in [4.78, 5) is 75.0. The van der Waals surface area contributed by atoms with Gasteiger partial charge in [0.2, 0.25) is 11.8 Å². The number of unbranched alkanes of at least 4 members (excludes halogenated alkanes) is 1. The molecule has 19 heteroatoms. The molecule has 2 unspecified atom stereocenters. The normalized spacial score (nSPS) is 14.2. The van der Waals surface area contributed by atoms with Crippen molar-refractivity contribution >= 4 is 105 Å². The van der Waals surface area contributed by atoms with Crippen LogP contribution >= 0.6 is 75.6 Å². The number of nitrogens with one attached hydrogen (secondary N) is 3. The molecule has 0 aromatic heterocycles. The van der Waals surface area contributed by atoms with Crippen molar-refractivity contribution in [3.8, 4) is 5.75 Å². The first kappa shape index (κ1) is 50.0. The van der Waals surface area contributed by atoms with E-state index < -0.39 is 74.1 Å².